The number of allylic oxidation sites excluding steroid dienone is 1. The summed E-state index contributed by atoms with van der Waals surface area (Å²) < 4.78 is 5.33. The fraction of sp³-hybridized carbons (Fsp3) is 0.474. The number of nitrogens with zero attached hydrogens (tertiary/aromatic N) is 2. The molecule has 2 N–H and O–H groups in total. The smallest absolute Gasteiger partial charge is 0.263 e. The van der Waals surface area contributed by atoms with E-state index in [0.717, 1.165) is 51.4 Å². The molecular formula is C19H26N4O2. The van der Waals surface area contributed by atoms with Crippen molar-refractivity contribution in [2.45, 2.75) is 19.9 Å². The maximum Gasteiger partial charge on any atom is 0.263 e. The summed E-state index contributed by atoms with van der Waals surface area (Å²) in [6, 6.07) is 11.6. The second-order valence-corrected chi connectivity index (χ2v) is 6.01. The lowest BCUT2D eigenvalue weighted by Crippen LogP contribution is -2.37. The normalized spacial score (nSPS) is 15.8. The highest BCUT2D eigenvalue weighted by Gasteiger charge is 2.13. The summed E-state index contributed by atoms with van der Waals surface area (Å²) >= 11 is 0. The van der Waals surface area contributed by atoms with Crippen LogP contribution in [0.25, 0.3) is 0 Å². The van der Waals surface area contributed by atoms with Gasteiger partial charge < -0.3 is 15.4 Å². The Bertz CT molecular complexity index is 616. The zero-order valence-electron chi connectivity index (χ0n) is 14.8. The van der Waals surface area contributed by atoms with E-state index < -0.39 is 0 Å². The van der Waals surface area contributed by atoms with Gasteiger partial charge in [0, 0.05) is 31.9 Å². The molecule has 0 bridgehead atoms. The summed E-state index contributed by atoms with van der Waals surface area (Å²) in [4.78, 5) is 14.6. The van der Waals surface area contributed by atoms with Gasteiger partial charge in [0.1, 0.15) is 11.6 Å². The molecule has 1 heterocycles. The fourth-order valence-corrected chi connectivity index (χ4v) is 2.66. The molecule has 1 aromatic rings. The molecule has 0 saturated carbocycles. The Morgan fingerprint density at radius 2 is 1.96 bits per heavy atom. The number of rotatable bonds is 8. The van der Waals surface area contributed by atoms with Crippen LogP contribution >= 0.6 is 0 Å². The topological polar surface area (TPSA) is 77.4 Å². The number of nitriles is 1. The van der Waals surface area contributed by atoms with Crippen molar-refractivity contribution in [3.8, 4) is 6.07 Å². The minimum atomic E-state index is -0.343. The lowest BCUT2D eigenvalue weighted by Gasteiger charge is -2.26. The average molecular weight is 342 g/mol. The molecule has 134 valence electrons. The van der Waals surface area contributed by atoms with E-state index in [1.54, 1.807) is 6.92 Å². The summed E-state index contributed by atoms with van der Waals surface area (Å²) in [5.74, 6) is -0.343. The molecule has 1 aromatic carbocycles. The third-order valence-corrected chi connectivity index (χ3v) is 4.15. The second-order valence-electron chi connectivity index (χ2n) is 6.01. The third-order valence-electron chi connectivity index (χ3n) is 4.15. The Morgan fingerprint density at radius 1 is 1.24 bits per heavy atom. The van der Waals surface area contributed by atoms with Crippen LogP contribution in [0.2, 0.25) is 0 Å². The number of carbonyl (C=O) groups excluding carboxylic acids is 1. The van der Waals surface area contributed by atoms with Crippen molar-refractivity contribution in [3.63, 3.8) is 0 Å². The molecular weight excluding hydrogens is 316 g/mol. The van der Waals surface area contributed by atoms with Crippen LogP contribution in [0.1, 0.15) is 18.9 Å². The molecule has 1 fully saturated rings. The van der Waals surface area contributed by atoms with Crippen molar-refractivity contribution in [3.05, 3.63) is 47.2 Å². The first-order chi connectivity index (χ1) is 12.2. The van der Waals surface area contributed by atoms with Crippen molar-refractivity contribution in [2.75, 3.05) is 39.4 Å². The first kappa shape index (κ1) is 19.0. The van der Waals surface area contributed by atoms with Crippen LogP contribution in [0.15, 0.2) is 41.6 Å². The van der Waals surface area contributed by atoms with E-state index in [9.17, 15) is 10.1 Å². The highest BCUT2D eigenvalue weighted by molar-refractivity contribution is 5.97. The third kappa shape index (κ3) is 6.57. The Morgan fingerprint density at radius 3 is 2.64 bits per heavy atom. The average Bonchev–Trinajstić information content (AvgIpc) is 2.66. The van der Waals surface area contributed by atoms with Crippen molar-refractivity contribution >= 4 is 5.91 Å². The van der Waals surface area contributed by atoms with E-state index in [-0.39, 0.29) is 11.5 Å². The highest BCUT2D eigenvalue weighted by atomic mass is 16.5. The minimum absolute atomic E-state index is 0.141. The summed E-state index contributed by atoms with van der Waals surface area (Å²) in [5.41, 5.74) is 1.77. The van der Waals surface area contributed by atoms with Crippen molar-refractivity contribution < 1.29 is 9.53 Å². The van der Waals surface area contributed by atoms with Gasteiger partial charge in [0.2, 0.25) is 0 Å². The van der Waals surface area contributed by atoms with Crippen LogP contribution < -0.4 is 10.6 Å². The highest BCUT2D eigenvalue weighted by Crippen LogP contribution is 2.03. The van der Waals surface area contributed by atoms with Crippen LogP contribution in [0, 0.1) is 11.3 Å². The number of hydrogen-bond donors (Lipinski definition) is 2. The van der Waals surface area contributed by atoms with Crippen LogP contribution in [-0.2, 0) is 16.1 Å². The number of morpholine rings is 1. The summed E-state index contributed by atoms with van der Waals surface area (Å²) in [7, 11) is 0. The number of hydrogen-bond acceptors (Lipinski definition) is 5. The zero-order chi connectivity index (χ0) is 17.9. The van der Waals surface area contributed by atoms with Crippen LogP contribution in [0.3, 0.4) is 0 Å². The fourth-order valence-electron chi connectivity index (χ4n) is 2.66. The molecule has 2 rings (SSSR count). The molecule has 6 nitrogen and oxygen atoms in total. The van der Waals surface area contributed by atoms with Gasteiger partial charge in [-0.05, 0) is 25.5 Å². The molecule has 1 saturated heterocycles. The number of ether oxygens (including phenoxy) is 1. The second kappa shape index (κ2) is 10.5. The van der Waals surface area contributed by atoms with E-state index in [4.69, 9.17) is 4.74 Å². The van der Waals surface area contributed by atoms with Crippen LogP contribution in [-0.4, -0.2) is 50.2 Å². The molecule has 0 aromatic heterocycles. The van der Waals surface area contributed by atoms with Gasteiger partial charge in [-0.1, -0.05) is 30.3 Å². The predicted molar refractivity (Wildman–Crippen MR) is 96.5 cm³/mol. The van der Waals surface area contributed by atoms with Gasteiger partial charge in [0.15, 0.2) is 0 Å². The Kier molecular flexibility index (Phi) is 7.96. The Hall–Kier alpha value is -2.36. The first-order valence-electron chi connectivity index (χ1n) is 8.68. The van der Waals surface area contributed by atoms with E-state index in [0.29, 0.717) is 12.2 Å². The lowest BCUT2D eigenvalue weighted by molar-refractivity contribution is -0.117. The maximum absolute atomic E-state index is 12.2. The molecule has 0 radical (unpaired) electrons. The molecule has 0 aliphatic carbocycles. The largest absolute Gasteiger partial charge is 0.387 e. The van der Waals surface area contributed by atoms with E-state index in [1.165, 1.54) is 0 Å². The number of amides is 1. The van der Waals surface area contributed by atoms with Gasteiger partial charge >= 0.3 is 0 Å². The molecule has 0 unspecified atom stereocenters. The van der Waals surface area contributed by atoms with Gasteiger partial charge in [0.25, 0.3) is 5.91 Å². The number of benzene rings is 1. The molecule has 6 heteroatoms. The molecule has 0 atom stereocenters. The predicted octanol–water partition coefficient (Wildman–Crippen LogP) is 1.41. The summed E-state index contributed by atoms with van der Waals surface area (Å²) in [6.07, 6.45) is 0.960. The van der Waals surface area contributed by atoms with E-state index in [2.05, 4.69) is 15.5 Å². The van der Waals surface area contributed by atoms with Gasteiger partial charge in [-0.2, -0.15) is 5.26 Å². The first-order valence-corrected chi connectivity index (χ1v) is 8.68. The Labute approximate surface area is 149 Å². The van der Waals surface area contributed by atoms with E-state index >= 15 is 0 Å². The monoisotopic (exact) mass is 342 g/mol. The van der Waals surface area contributed by atoms with E-state index in [1.807, 2.05) is 36.4 Å². The van der Waals surface area contributed by atoms with Gasteiger partial charge in [-0.15, -0.1) is 0 Å². The lowest BCUT2D eigenvalue weighted by atomic mass is 10.2. The van der Waals surface area contributed by atoms with Crippen molar-refractivity contribution in [1.29, 1.82) is 5.26 Å². The summed E-state index contributed by atoms with van der Waals surface area (Å²) in [5, 5.41) is 15.3. The SMILES string of the molecule is CC(NCCCN1CCOCC1)=C(C#N)C(=O)NCc1ccccc1. The van der Waals surface area contributed by atoms with Crippen molar-refractivity contribution in [2.24, 2.45) is 0 Å². The summed E-state index contributed by atoms with van der Waals surface area (Å²) in [6.45, 7) is 7.45. The molecule has 0 spiro atoms. The standard InChI is InChI=1S/C19H26N4O2/c1-16(21-8-5-9-23-10-12-25-13-11-23)18(14-20)19(24)22-15-17-6-3-2-4-7-17/h2-4,6-7,21H,5,8-13,15H2,1H3,(H,22,24). The van der Waals surface area contributed by atoms with Crippen molar-refractivity contribution in [1.82, 2.24) is 15.5 Å². The van der Waals surface area contributed by atoms with Gasteiger partial charge in [0.05, 0.1) is 13.2 Å². The van der Waals surface area contributed by atoms with Gasteiger partial charge in [-0.25, -0.2) is 0 Å². The Balaban J connectivity index is 1.75. The van der Waals surface area contributed by atoms with Crippen LogP contribution in [0.5, 0.6) is 0 Å². The van der Waals surface area contributed by atoms with Gasteiger partial charge in [-0.3, -0.25) is 9.69 Å². The molecule has 1 amide bonds. The maximum atomic E-state index is 12.2. The molecule has 1 aliphatic rings. The zero-order valence-corrected chi connectivity index (χ0v) is 14.8. The quantitative estimate of drug-likeness (QED) is 0.424. The molecule has 25 heavy (non-hydrogen) atoms. The molecule has 1 aliphatic heterocycles. The number of carbonyl (C=O) groups is 1. The number of nitrogens with one attached hydrogen (secondary N) is 2. The minimum Gasteiger partial charge on any atom is -0.387 e. The van der Waals surface area contributed by atoms with Crippen LogP contribution in [0.4, 0.5) is 0 Å².